The van der Waals surface area contributed by atoms with Crippen LogP contribution in [0, 0.1) is 0 Å². The van der Waals surface area contributed by atoms with Crippen molar-refractivity contribution in [2.45, 2.75) is 25.9 Å². The molecule has 0 aliphatic heterocycles. The van der Waals surface area contributed by atoms with Crippen LogP contribution in [-0.2, 0) is 13.0 Å². The highest BCUT2D eigenvalue weighted by Crippen LogP contribution is 2.21. The lowest BCUT2D eigenvalue weighted by atomic mass is 10.1. The van der Waals surface area contributed by atoms with E-state index in [2.05, 4.69) is 40.3 Å². The van der Waals surface area contributed by atoms with Gasteiger partial charge in [0, 0.05) is 27.1 Å². The van der Waals surface area contributed by atoms with Crippen LogP contribution >= 0.6 is 39.1 Å². The van der Waals surface area contributed by atoms with Crippen molar-refractivity contribution >= 4 is 39.1 Å². The number of benzene rings is 2. The summed E-state index contributed by atoms with van der Waals surface area (Å²) in [6, 6.07) is 14.2. The van der Waals surface area contributed by atoms with Crippen LogP contribution in [0.4, 0.5) is 0 Å². The van der Waals surface area contributed by atoms with Gasteiger partial charge in [-0.2, -0.15) is 0 Å². The zero-order valence-electron chi connectivity index (χ0n) is 11.2. The van der Waals surface area contributed by atoms with Gasteiger partial charge in [0.1, 0.15) is 0 Å². The Kier molecular flexibility index (Phi) is 5.91. The van der Waals surface area contributed by atoms with E-state index in [1.807, 2.05) is 30.3 Å². The van der Waals surface area contributed by atoms with Crippen molar-refractivity contribution in [1.82, 2.24) is 5.32 Å². The molecule has 1 unspecified atom stereocenters. The average Bonchev–Trinajstić information content (AvgIpc) is 2.40. The molecule has 0 saturated heterocycles. The summed E-state index contributed by atoms with van der Waals surface area (Å²) >= 11 is 15.4. The first-order chi connectivity index (χ1) is 9.54. The van der Waals surface area contributed by atoms with Gasteiger partial charge in [-0.05, 0) is 48.7 Å². The molecule has 0 aliphatic rings. The van der Waals surface area contributed by atoms with Crippen molar-refractivity contribution in [1.29, 1.82) is 0 Å². The maximum atomic E-state index is 5.94. The van der Waals surface area contributed by atoms with Crippen LogP contribution in [0.3, 0.4) is 0 Å². The number of rotatable bonds is 5. The van der Waals surface area contributed by atoms with Crippen LogP contribution in [0.25, 0.3) is 0 Å². The maximum Gasteiger partial charge on any atom is 0.0417 e. The summed E-state index contributed by atoms with van der Waals surface area (Å²) in [5.74, 6) is 0. The Bertz CT molecular complexity index is 569. The smallest absolute Gasteiger partial charge is 0.0417 e. The third-order valence-corrected chi connectivity index (χ3v) is 4.34. The highest BCUT2D eigenvalue weighted by atomic mass is 79.9. The molecule has 1 N–H and O–H groups in total. The van der Waals surface area contributed by atoms with Crippen LogP contribution in [0.1, 0.15) is 18.1 Å². The Balaban J connectivity index is 1.88. The minimum absolute atomic E-state index is 0.388. The molecule has 0 spiro atoms. The van der Waals surface area contributed by atoms with Crippen molar-refractivity contribution in [3.63, 3.8) is 0 Å². The van der Waals surface area contributed by atoms with Crippen LogP contribution in [0.2, 0.25) is 10.0 Å². The van der Waals surface area contributed by atoms with Gasteiger partial charge < -0.3 is 5.32 Å². The fraction of sp³-hybridized carbons (Fsp3) is 0.250. The van der Waals surface area contributed by atoms with Crippen LogP contribution in [0.15, 0.2) is 46.9 Å². The topological polar surface area (TPSA) is 12.0 Å². The molecule has 0 radical (unpaired) electrons. The van der Waals surface area contributed by atoms with Crippen molar-refractivity contribution in [2.75, 3.05) is 0 Å². The van der Waals surface area contributed by atoms with E-state index in [1.165, 1.54) is 11.1 Å². The van der Waals surface area contributed by atoms with Crippen molar-refractivity contribution in [3.05, 3.63) is 68.1 Å². The molecule has 2 aromatic rings. The number of hydrogen-bond acceptors (Lipinski definition) is 1. The Hall–Kier alpha value is -0.540. The molecule has 1 atom stereocenters. The predicted molar refractivity (Wildman–Crippen MR) is 90.6 cm³/mol. The molecular weight excluding hydrogens is 357 g/mol. The largest absolute Gasteiger partial charge is 0.310 e. The lowest BCUT2D eigenvalue weighted by molar-refractivity contribution is 0.545. The second kappa shape index (κ2) is 7.46. The molecule has 2 aromatic carbocycles. The van der Waals surface area contributed by atoms with E-state index in [0.29, 0.717) is 6.04 Å². The molecule has 0 amide bonds. The van der Waals surface area contributed by atoms with Gasteiger partial charge in [0.25, 0.3) is 0 Å². The molecule has 2 rings (SSSR count). The maximum absolute atomic E-state index is 5.94. The zero-order chi connectivity index (χ0) is 14.5. The number of nitrogens with one attached hydrogen (secondary N) is 1. The van der Waals surface area contributed by atoms with E-state index in [0.717, 1.165) is 27.5 Å². The van der Waals surface area contributed by atoms with Gasteiger partial charge in [0.15, 0.2) is 0 Å². The van der Waals surface area contributed by atoms with Gasteiger partial charge in [0.2, 0.25) is 0 Å². The average molecular weight is 373 g/mol. The Morgan fingerprint density at radius 3 is 2.35 bits per heavy atom. The lowest BCUT2D eigenvalue weighted by Gasteiger charge is -2.15. The van der Waals surface area contributed by atoms with Gasteiger partial charge in [-0.1, -0.05) is 57.3 Å². The molecule has 0 aromatic heterocycles. The van der Waals surface area contributed by atoms with Gasteiger partial charge in [0.05, 0.1) is 0 Å². The Morgan fingerprint density at radius 1 is 1.05 bits per heavy atom. The van der Waals surface area contributed by atoms with Crippen molar-refractivity contribution in [2.24, 2.45) is 0 Å². The summed E-state index contributed by atoms with van der Waals surface area (Å²) in [6.45, 7) is 2.99. The molecule has 1 nitrogen and oxygen atoms in total. The first-order valence-corrected chi connectivity index (χ1v) is 8.01. The summed E-state index contributed by atoms with van der Waals surface area (Å²) in [5.41, 5.74) is 2.49. The molecule has 0 heterocycles. The van der Waals surface area contributed by atoms with E-state index >= 15 is 0 Å². The van der Waals surface area contributed by atoms with Crippen LogP contribution < -0.4 is 5.32 Å². The summed E-state index contributed by atoms with van der Waals surface area (Å²) in [5, 5.41) is 5.04. The monoisotopic (exact) mass is 371 g/mol. The number of halogens is 3. The fourth-order valence-corrected chi connectivity index (χ4v) is 2.94. The normalized spacial score (nSPS) is 12.4. The molecule has 106 valence electrons. The van der Waals surface area contributed by atoms with E-state index in [4.69, 9.17) is 23.2 Å². The Morgan fingerprint density at radius 2 is 1.70 bits per heavy atom. The molecule has 0 fully saturated rings. The lowest BCUT2D eigenvalue weighted by Crippen LogP contribution is -2.27. The van der Waals surface area contributed by atoms with Crippen molar-refractivity contribution < 1.29 is 0 Å². The van der Waals surface area contributed by atoms with E-state index in [-0.39, 0.29) is 0 Å². The quantitative estimate of drug-likeness (QED) is 0.732. The summed E-state index contributed by atoms with van der Waals surface area (Å²) in [7, 11) is 0. The molecule has 4 heteroatoms. The van der Waals surface area contributed by atoms with Crippen LogP contribution in [-0.4, -0.2) is 6.04 Å². The molecule has 0 saturated carbocycles. The number of hydrogen-bond donors (Lipinski definition) is 1. The molecule has 0 bridgehead atoms. The highest BCUT2D eigenvalue weighted by Gasteiger charge is 2.05. The molecular formula is C16H16BrCl2N. The molecule has 0 aliphatic carbocycles. The second-order valence-corrected chi connectivity index (χ2v) is 6.58. The van der Waals surface area contributed by atoms with Crippen molar-refractivity contribution in [3.8, 4) is 0 Å². The van der Waals surface area contributed by atoms with Gasteiger partial charge in [-0.3, -0.25) is 0 Å². The van der Waals surface area contributed by atoms with Gasteiger partial charge in [-0.15, -0.1) is 0 Å². The second-order valence-electron chi connectivity index (χ2n) is 4.85. The SMILES string of the molecule is CC(Cc1ccc(Cl)cc1)NCc1ccc(Cl)cc1Br. The third-order valence-electron chi connectivity index (χ3n) is 3.11. The predicted octanol–water partition coefficient (Wildman–Crippen LogP) is 5.48. The standard InChI is InChI=1S/C16H16BrCl2N/c1-11(8-12-2-5-14(18)6-3-12)20-10-13-4-7-15(19)9-16(13)17/h2-7,9,11,20H,8,10H2,1H3. The van der Waals surface area contributed by atoms with E-state index < -0.39 is 0 Å². The Labute approximate surface area is 138 Å². The van der Waals surface area contributed by atoms with Gasteiger partial charge in [-0.25, -0.2) is 0 Å². The highest BCUT2D eigenvalue weighted by molar-refractivity contribution is 9.10. The summed E-state index contributed by atoms with van der Waals surface area (Å²) < 4.78 is 1.04. The fourth-order valence-electron chi connectivity index (χ4n) is 2.00. The molecule has 20 heavy (non-hydrogen) atoms. The summed E-state index contributed by atoms with van der Waals surface area (Å²) in [4.78, 5) is 0. The third kappa shape index (κ3) is 4.78. The van der Waals surface area contributed by atoms with E-state index in [1.54, 1.807) is 0 Å². The zero-order valence-corrected chi connectivity index (χ0v) is 14.3. The van der Waals surface area contributed by atoms with E-state index in [9.17, 15) is 0 Å². The first-order valence-electron chi connectivity index (χ1n) is 6.46. The minimum atomic E-state index is 0.388. The first kappa shape index (κ1) is 15.8. The summed E-state index contributed by atoms with van der Waals surface area (Å²) in [6.07, 6.45) is 0.975. The van der Waals surface area contributed by atoms with Crippen LogP contribution in [0.5, 0.6) is 0 Å². The van der Waals surface area contributed by atoms with Gasteiger partial charge >= 0.3 is 0 Å². The minimum Gasteiger partial charge on any atom is -0.310 e.